The van der Waals surface area contributed by atoms with Gasteiger partial charge in [0.05, 0.1) is 19.1 Å². The fourth-order valence-corrected chi connectivity index (χ4v) is 9.05. The second kappa shape index (κ2) is 20.6. The lowest BCUT2D eigenvalue weighted by Crippen LogP contribution is -2.33. The molecule has 6 nitrogen and oxygen atoms in total. The summed E-state index contributed by atoms with van der Waals surface area (Å²) in [5, 5.41) is 0. The average Bonchev–Trinajstić information content (AvgIpc) is 3.52. The van der Waals surface area contributed by atoms with Gasteiger partial charge in [0.25, 0.3) is 8.53 Å². The van der Waals surface area contributed by atoms with Gasteiger partial charge in [0.15, 0.2) is 0 Å². The molecular weight excluding hydrogens is 535 g/mol. The maximum atomic E-state index is 12.2. The Balaban J connectivity index is 1.36. The van der Waals surface area contributed by atoms with Crippen LogP contribution < -0.4 is 0 Å². The van der Waals surface area contributed by atoms with Crippen molar-refractivity contribution in [1.29, 1.82) is 0 Å². The van der Waals surface area contributed by atoms with Crippen molar-refractivity contribution in [1.82, 2.24) is 4.67 Å². The average molecular weight is 587 g/mol. The van der Waals surface area contributed by atoms with Gasteiger partial charge in [-0.25, -0.2) is 11.2 Å². The third-order valence-electron chi connectivity index (χ3n) is 7.01. The quantitative estimate of drug-likeness (QED) is 0.0297. The van der Waals surface area contributed by atoms with Crippen LogP contribution in [0.1, 0.15) is 91.9 Å². The molecule has 9 heteroatoms. The van der Waals surface area contributed by atoms with Crippen LogP contribution in [0.25, 0.3) is 4.85 Å². The van der Waals surface area contributed by atoms with Crippen molar-refractivity contribution in [2.75, 3.05) is 37.9 Å². The topological polar surface area (TPSA) is 52.4 Å². The highest BCUT2D eigenvalue weighted by Crippen LogP contribution is 2.46. The first-order valence-corrected chi connectivity index (χ1v) is 18.3. The molecule has 0 amide bonds. The van der Waals surface area contributed by atoms with Gasteiger partial charge in [0.2, 0.25) is 6.54 Å². The van der Waals surface area contributed by atoms with E-state index < -0.39 is 8.53 Å². The van der Waals surface area contributed by atoms with Crippen LogP contribution in [0.4, 0.5) is 0 Å². The number of rotatable bonds is 23. The van der Waals surface area contributed by atoms with Crippen molar-refractivity contribution in [3.05, 3.63) is 23.6 Å². The number of nitrogens with zero attached hydrogens (tertiary/aromatic N) is 2. The van der Waals surface area contributed by atoms with E-state index in [1.807, 2.05) is 21.6 Å². The molecule has 2 aliphatic rings. The largest absolute Gasteiger partial charge is 0.465 e. The molecule has 2 bridgehead atoms. The van der Waals surface area contributed by atoms with E-state index in [4.69, 9.17) is 20.4 Å². The fourth-order valence-electron chi connectivity index (χ4n) is 5.13. The Hall–Kier alpha value is -0.290. The Morgan fingerprint density at radius 1 is 0.895 bits per heavy atom. The van der Waals surface area contributed by atoms with Gasteiger partial charge in [-0.1, -0.05) is 59.4 Å². The molecule has 0 aromatic carbocycles. The SMILES string of the molecule is [C-]#[N+]CCOP(OCCCCCCSSCCCCCCOC(=O)C1CC2C=CC1C2)N(C(C)C)C(C)C. The molecule has 0 spiro atoms. The highest BCUT2D eigenvalue weighted by molar-refractivity contribution is 8.76. The number of unbranched alkanes of at least 4 members (excludes halogenated alkanes) is 6. The highest BCUT2D eigenvalue weighted by atomic mass is 33.1. The zero-order valence-electron chi connectivity index (χ0n) is 24.1. The van der Waals surface area contributed by atoms with Crippen LogP contribution in [0.15, 0.2) is 12.2 Å². The molecule has 2 aliphatic carbocycles. The molecule has 1 saturated carbocycles. The van der Waals surface area contributed by atoms with Crippen molar-refractivity contribution in [2.45, 2.75) is 104 Å². The van der Waals surface area contributed by atoms with Crippen LogP contribution in [0.2, 0.25) is 0 Å². The summed E-state index contributed by atoms with van der Waals surface area (Å²) in [5.74, 6) is 3.65. The van der Waals surface area contributed by atoms with Crippen LogP contribution in [-0.4, -0.2) is 60.6 Å². The van der Waals surface area contributed by atoms with E-state index in [2.05, 4.69) is 49.4 Å². The van der Waals surface area contributed by atoms with E-state index >= 15 is 0 Å². The van der Waals surface area contributed by atoms with Crippen LogP contribution in [0, 0.1) is 24.3 Å². The van der Waals surface area contributed by atoms with Gasteiger partial charge in [-0.15, -0.1) is 0 Å². The van der Waals surface area contributed by atoms with Crippen LogP contribution in [0.3, 0.4) is 0 Å². The number of hydrogen-bond donors (Lipinski definition) is 0. The monoisotopic (exact) mass is 586 g/mol. The van der Waals surface area contributed by atoms with Gasteiger partial charge in [-0.05, 0) is 78.1 Å². The maximum Gasteiger partial charge on any atom is 0.309 e. The first-order chi connectivity index (χ1) is 18.4. The lowest BCUT2D eigenvalue weighted by molar-refractivity contribution is -0.149. The summed E-state index contributed by atoms with van der Waals surface area (Å²) in [4.78, 5) is 15.6. The zero-order valence-corrected chi connectivity index (χ0v) is 26.7. The third-order valence-corrected chi connectivity index (χ3v) is 11.7. The second-order valence-electron chi connectivity index (χ2n) is 10.9. The summed E-state index contributed by atoms with van der Waals surface area (Å²) < 4.78 is 19.9. The molecule has 38 heavy (non-hydrogen) atoms. The minimum absolute atomic E-state index is 0.0391. The van der Waals surface area contributed by atoms with E-state index in [1.54, 1.807) is 0 Å². The number of carbonyl (C=O) groups excluding carboxylic acids is 1. The molecule has 4 atom stereocenters. The molecular formula is C29H51N2O4PS2. The lowest BCUT2D eigenvalue weighted by Gasteiger charge is -2.35. The number of fused-ring (bicyclic) bond motifs is 2. The van der Waals surface area contributed by atoms with Gasteiger partial charge < -0.3 is 18.6 Å². The number of allylic oxidation sites excluding steroid dienone is 2. The second-order valence-corrected chi connectivity index (χ2v) is 15.0. The van der Waals surface area contributed by atoms with Crippen molar-refractivity contribution in [3.8, 4) is 0 Å². The van der Waals surface area contributed by atoms with Gasteiger partial charge in [-0.3, -0.25) is 4.79 Å². The summed E-state index contributed by atoms with van der Waals surface area (Å²) in [7, 11) is 2.89. The summed E-state index contributed by atoms with van der Waals surface area (Å²) in [6, 6.07) is 0.699. The Morgan fingerprint density at radius 3 is 2.05 bits per heavy atom. The Labute approximate surface area is 241 Å². The minimum Gasteiger partial charge on any atom is -0.465 e. The maximum absolute atomic E-state index is 12.2. The molecule has 218 valence electrons. The van der Waals surface area contributed by atoms with Gasteiger partial charge in [0.1, 0.15) is 6.61 Å². The van der Waals surface area contributed by atoms with Crippen molar-refractivity contribution < 1.29 is 18.6 Å². The van der Waals surface area contributed by atoms with Crippen molar-refractivity contribution >= 4 is 36.1 Å². The molecule has 0 heterocycles. The third kappa shape index (κ3) is 13.4. The minimum atomic E-state index is -1.10. The number of carbonyl (C=O) groups is 1. The van der Waals surface area contributed by atoms with Crippen LogP contribution >= 0.6 is 30.1 Å². The van der Waals surface area contributed by atoms with E-state index in [0.717, 1.165) is 38.7 Å². The number of ether oxygens (including phenoxy) is 1. The Bertz CT molecular complexity index is 711. The van der Waals surface area contributed by atoms with E-state index in [-0.39, 0.29) is 11.9 Å². The van der Waals surface area contributed by atoms with Crippen LogP contribution in [-0.2, 0) is 18.6 Å². The molecule has 0 radical (unpaired) electrons. The summed E-state index contributed by atoms with van der Waals surface area (Å²) in [6.07, 6.45) is 16.0. The smallest absolute Gasteiger partial charge is 0.309 e. The molecule has 0 aromatic heterocycles. The van der Waals surface area contributed by atoms with E-state index in [9.17, 15) is 4.79 Å². The van der Waals surface area contributed by atoms with E-state index in [0.29, 0.717) is 43.7 Å². The normalized spacial score (nSPS) is 21.1. The molecule has 0 N–H and O–H groups in total. The Morgan fingerprint density at radius 2 is 1.50 bits per heavy atom. The van der Waals surface area contributed by atoms with Crippen LogP contribution in [0.5, 0.6) is 0 Å². The van der Waals surface area contributed by atoms with Crippen molar-refractivity contribution in [3.63, 3.8) is 0 Å². The summed E-state index contributed by atoms with van der Waals surface area (Å²) >= 11 is 0. The van der Waals surface area contributed by atoms with Gasteiger partial charge in [-0.2, -0.15) is 0 Å². The molecule has 1 fully saturated rings. The number of hydrogen-bond acceptors (Lipinski definition) is 7. The predicted octanol–water partition coefficient (Wildman–Crippen LogP) is 8.54. The Kier molecular flexibility index (Phi) is 18.4. The van der Waals surface area contributed by atoms with Gasteiger partial charge >= 0.3 is 5.97 Å². The first-order valence-electron chi connectivity index (χ1n) is 14.7. The van der Waals surface area contributed by atoms with E-state index in [1.165, 1.54) is 43.6 Å². The molecule has 0 saturated heterocycles. The lowest BCUT2D eigenvalue weighted by atomic mass is 9.94. The predicted molar refractivity (Wildman–Crippen MR) is 164 cm³/mol. The molecule has 0 aromatic rings. The molecule has 4 unspecified atom stereocenters. The molecule has 2 rings (SSSR count). The standard InChI is InChI=1S/C29H51N2O4PS2/c1-24(2)31(25(3)4)36(35-19-16-30-5)34-18-11-7-9-13-21-38-37-20-12-8-6-10-17-33-29(32)28-23-26-14-15-27(28)22-26/h14-15,24-28H,6-13,16-23H2,1-4H3. The number of esters is 1. The summed E-state index contributed by atoms with van der Waals surface area (Å²) in [6.45, 7) is 17.8. The first kappa shape index (κ1) is 33.9. The highest BCUT2D eigenvalue weighted by Gasteiger charge is 2.40. The zero-order chi connectivity index (χ0) is 27.6. The fraction of sp³-hybridized carbons (Fsp3) is 0.862. The van der Waals surface area contributed by atoms with Gasteiger partial charge in [0, 0.05) is 23.6 Å². The van der Waals surface area contributed by atoms with Crippen molar-refractivity contribution in [2.24, 2.45) is 17.8 Å². The summed E-state index contributed by atoms with van der Waals surface area (Å²) in [5.41, 5.74) is 0. The molecule has 0 aliphatic heterocycles.